The van der Waals surface area contributed by atoms with Crippen LogP contribution in [0.15, 0.2) is 449 Å². The summed E-state index contributed by atoms with van der Waals surface area (Å²) in [7, 11) is 0. The zero-order valence-corrected chi connectivity index (χ0v) is 76.9. The molecule has 2 unspecified atom stereocenters. The van der Waals surface area contributed by atoms with Gasteiger partial charge in [0.2, 0.25) is 0 Å². The molecule has 5 aliphatic rings. The number of hydrogen-bond acceptors (Lipinski definition) is 9. The summed E-state index contributed by atoms with van der Waals surface area (Å²) in [4.78, 5) is 43.9. The van der Waals surface area contributed by atoms with Crippen molar-refractivity contribution in [2.45, 2.75) is 69.7 Å². The number of hydrogen-bond donors (Lipinski definition) is 0. The smallest absolute Gasteiger partial charge is 0.164 e. The van der Waals surface area contributed by atoms with Crippen molar-refractivity contribution in [3.8, 4) is 164 Å². The first-order valence-corrected chi connectivity index (χ1v) is 47.2. The van der Waals surface area contributed by atoms with E-state index in [0.717, 1.165) is 89.2 Å². The lowest BCUT2D eigenvalue weighted by Gasteiger charge is -2.28. The van der Waals surface area contributed by atoms with E-state index >= 15 is 0 Å². The molecule has 26 rings (SSSR count). The van der Waals surface area contributed by atoms with Crippen LogP contribution in [0.25, 0.3) is 185 Å². The second kappa shape index (κ2) is 33.9. The summed E-state index contributed by atoms with van der Waals surface area (Å²) in [6, 6.07) is 150. The maximum absolute atomic E-state index is 5.30. The van der Waals surface area contributed by atoms with E-state index in [-0.39, 0.29) is 22.3 Å². The average Bonchev–Trinajstić information content (AvgIpc) is 1.41. The number of anilines is 2. The van der Waals surface area contributed by atoms with Crippen molar-refractivity contribution in [1.82, 2.24) is 44.4 Å². The molecule has 0 fully saturated rings. The van der Waals surface area contributed by atoms with E-state index < -0.39 is 0 Å². The first-order chi connectivity index (χ1) is 67.2. The number of nitrogens with zero attached hydrogens (tertiary/aromatic N) is 10. The van der Waals surface area contributed by atoms with Gasteiger partial charge in [-0.3, -0.25) is 0 Å². The highest BCUT2D eigenvalue weighted by Crippen LogP contribution is 2.57. The van der Waals surface area contributed by atoms with E-state index in [9.17, 15) is 0 Å². The Morgan fingerprint density at radius 3 is 1.10 bits per heavy atom. The van der Waals surface area contributed by atoms with Gasteiger partial charge in [-0.15, -0.1) is 0 Å². The summed E-state index contributed by atoms with van der Waals surface area (Å²) in [5, 5.41) is 2.36. The third-order valence-corrected chi connectivity index (χ3v) is 28.4. The molecule has 0 saturated heterocycles. The van der Waals surface area contributed by atoms with Gasteiger partial charge in [-0.05, 0) is 167 Å². The first kappa shape index (κ1) is 83.0. The van der Waals surface area contributed by atoms with E-state index in [4.69, 9.17) is 39.9 Å². The predicted octanol–water partition coefficient (Wildman–Crippen LogP) is 31.3. The van der Waals surface area contributed by atoms with Crippen molar-refractivity contribution in [2.75, 3.05) is 4.90 Å². The highest BCUT2D eigenvalue weighted by Gasteiger charge is 2.42. The molecule has 0 saturated carbocycles. The molecule has 0 radical (unpaired) electrons. The molecule has 4 aromatic heterocycles. The van der Waals surface area contributed by atoms with Crippen LogP contribution in [0, 0.1) is 0 Å². The number of fused-ring (bicyclic) bond motifs is 15. The van der Waals surface area contributed by atoms with Crippen LogP contribution in [0.3, 0.4) is 0 Å². The lowest BCUT2D eigenvalue weighted by molar-refractivity contribution is 0.660. The van der Waals surface area contributed by atoms with Crippen LogP contribution in [0.2, 0.25) is 0 Å². The molecule has 2 atom stereocenters. The minimum absolute atomic E-state index is 0.0886. The van der Waals surface area contributed by atoms with Crippen LogP contribution in [0.1, 0.15) is 86.4 Å². The molecule has 652 valence electrons. The summed E-state index contributed by atoms with van der Waals surface area (Å²) in [6.45, 7) is 13.9. The summed E-state index contributed by atoms with van der Waals surface area (Å²) >= 11 is 0. The van der Waals surface area contributed by atoms with Crippen LogP contribution in [0.5, 0.6) is 0 Å². The Morgan fingerprint density at radius 2 is 0.569 bits per heavy atom. The summed E-state index contributed by atoms with van der Waals surface area (Å²) in [6.07, 6.45) is 8.94. The van der Waals surface area contributed by atoms with Crippen LogP contribution < -0.4 is 4.90 Å². The van der Waals surface area contributed by atoms with Crippen molar-refractivity contribution in [2.24, 2.45) is 0 Å². The van der Waals surface area contributed by atoms with Gasteiger partial charge in [0.1, 0.15) is 0 Å². The van der Waals surface area contributed by atoms with Crippen molar-refractivity contribution >= 4 is 33.2 Å². The van der Waals surface area contributed by atoms with Gasteiger partial charge < -0.3 is 9.47 Å². The number of aromatic nitrogens is 9. The molecule has 0 amide bonds. The van der Waals surface area contributed by atoms with Crippen LogP contribution in [-0.2, 0) is 16.2 Å². The number of benzene rings is 17. The maximum atomic E-state index is 5.30. The molecule has 137 heavy (non-hydrogen) atoms. The molecule has 10 heteroatoms. The monoisotopic (exact) mass is 1760 g/mol. The summed E-state index contributed by atoms with van der Waals surface area (Å²) < 4.78 is 2.33. The molecular weight excluding hydrogens is 1670 g/mol. The van der Waals surface area contributed by atoms with Crippen LogP contribution in [0.4, 0.5) is 11.4 Å². The molecule has 0 spiro atoms. The summed E-state index contributed by atoms with van der Waals surface area (Å²) in [5.41, 5.74) is 37.8. The minimum atomic E-state index is -0.113. The minimum Gasteiger partial charge on any atom is -0.333 e. The lowest BCUT2D eigenvalue weighted by atomic mass is 9.82. The lowest BCUT2D eigenvalue weighted by Crippen LogP contribution is -2.28. The number of allylic oxidation sites excluding steroid dienone is 2. The van der Waals surface area contributed by atoms with Crippen molar-refractivity contribution in [1.29, 1.82) is 0 Å². The van der Waals surface area contributed by atoms with Crippen LogP contribution >= 0.6 is 0 Å². The normalized spacial score (nSPS) is 14.7. The molecule has 21 aromatic rings. The Labute approximate surface area is 798 Å². The van der Waals surface area contributed by atoms with Gasteiger partial charge in [0.25, 0.3) is 0 Å². The zero-order valence-electron chi connectivity index (χ0n) is 76.9. The van der Waals surface area contributed by atoms with Crippen LogP contribution in [-0.4, -0.2) is 50.5 Å². The van der Waals surface area contributed by atoms with Crippen molar-refractivity contribution in [3.05, 3.63) is 488 Å². The SMILES string of the molecule is CC1(C)c2ccccc2-c2c(-c3cc(-c4cccc(-c5ccccc5)c4)nc(-c4cccc(-c5ccccc5)c4)n3)cccc21.CC1(C)c2ccccc2-c2c(-c3nc(-c4ccccc4)nc(-c4ccc5c(c4)N(c4ccccc4)C4C=CC=CC54)n3)cccc21.CC1(C)c2ccccc2-c2c(-c3nc(-c4ccccc4)nc(-c4ccc5c(c4)c4ccccc4n5-c4ccccc4)n3)cccc21. The average molecular weight is 1760 g/mol. The molecule has 10 nitrogen and oxygen atoms in total. The van der Waals surface area contributed by atoms with E-state index in [1.54, 1.807) is 0 Å². The van der Waals surface area contributed by atoms with Gasteiger partial charge in [-0.2, -0.15) is 0 Å². The third kappa shape index (κ3) is 14.6. The van der Waals surface area contributed by atoms with Gasteiger partial charge in [-0.1, -0.05) is 418 Å². The fourth-order valence-electron chi connectivity index (χ4n) is 21.7. The Balaban J connectivity index is 0.000000112. The fourth-order valence-corrected chi connectivity index (χ4v) is 21.7. The van der Waals surface area contributed by atoms with E-state index in [1.807, 2.05) is 42.5 Å². The molecule has 17 aromatic carbocycles. The highest BCUT2D eigenvalue weighted by molar-refractivity contribution is 6.10. The quantitative estimate of drug-likeness (QED) is 0.111. The molecular formula is C127H94N10. The number of para-hydroxylation sites is 3. The third-order valence-electron chi connectivity index (χ3n) is 28.4. The molecule has 5 heterocycles. The largest absolute Gasteiger partial charge is 0.333 e. The Kier molecular flexibility index (Phi) is 20.5. The van der Waals surface area contributed by atoms with Gasteiger partial charge in [0.05, 0.1) is 28.5 Å². The van der Waals surface area contributed by atoms with Crippen molar-refractivity contribution in [3.63, 3.8) is 0 Å². The summed E-state index contributed by atoms with van der Waals surface area (Å²) in [5.74, 6) is 5.04. The Bertz CT molecular complexity index is 8270. The Morgan fingerprint density at radius 1 is 0.219 bits per heavy atom. The Hall–Kier alpha value is -17.1. The van der Waals surface area contributed by atoms with E-state index in [0.29, 0.717) is 46.7 Å². The van der Waals surface area contributed by atoms with Gasteiger partial charge >= 0.3 is 0 Å². The fraction of sp³-hybridized carbons (Fsp3) is 0.0866. The zero-order chi connectivity index (χ0) is 92.0. The molecule has 0 N–H and O–H groups in total. The van der Waals surface area contributed by atoms with E-state index in [1.165, 1.54) is 106 Å². The second-order valence-electron chi connectivity index (χ2n) is 37.6. The molecule has 4 aliphatic carbocycles. The van der Waals surface area contributed by atoms with Gasteiger partial charge in [0, 0.05) is 100 Å². The van der Waals surface area contributed by atoms with Crippen molar-refractivity contribution < 1.29 is 0 Å². The first-order valence-electron chi connectivity index (χ1n) is 47.2. The standard InChI is InChI=1S/C43H32N2.C42H32N4.C42H30N4/c1-43(2)37-24-10-9-22-35(37)41-36(23-13-25-38(41)43)40-28-39(33-20-11-18-31(26-33)29-14-5-3-6-15-29)44-42(45-40)34-21-12-19-32(27-34)30-16-7-4-8-17-30;1-42(2)34-21-11-9-19-32(34)38-33(20-13-22-35(38)42)41-44-39(27-14-5-3-6-15-27)43-40(45-41)28-24-25-31-30-18-10-12-23-36(30)46(37(31)26-28)29-16-7-4-8-17-29;1-42(2)34-21-11-9-19-31(34)38-32(20-13-22-35(38)42)41-44-39(27-14-5-3-6-15-27)43-40(45-41)28-24-25-37-33(26-28)30-18-10-12-23-36(30)46(37)29-16-7-4-8-17-29/h3-28H,1-2H3;3-26,30,36H,1-2H3;3-26H,1-2H3. The number of rotatable bonds is 13. The maximum Gasteiger partial charge on any atom is 0.164 e. The molecule has 1 aliphatic heterocycles. The molecule has 0 bridgehead atoms. The van der Waals surface area contributed by atoms with E-state index in [2.05, 4.69) is 457 Å². The topological polar surface area (TPSA) is 111 Å². The second-order valence-corrected chi connectivity index (χ2v) is 37.6. The predicted molar refractivity (Wildman–Crippen MR) is 562 cm³/mol. The van der Waals surface area contributed by atoms with Gasteiger partial charge in [0.15, 0.2) is 40.8 Å². The highest BCUT2D eigenvalue weighted by atomic mass is 15.2. The van der Waals surface area contributed by atoms with Gasteiger partial charge in [-0.25, -0.2) is 39.9 Å².